The lowest BCUT2D eigenvalue weighted by Crippen LogP contribution is -1.93. The van der Waals surface area contributed by atoms with E-state index in [1.54, 1.807) is 18.7 Å². The van der Waals surface area contributed by atoms with Gasteiger partial charge < -0.3 is 0 Å². The highest BCUT2D eigenvalue weighted by molar-refractivity contribution is 8.04. The fraction of sp³-hybridized carbons (Fsp3) is 0.167. The summed E-state index contributed by atoms with van der Waals surface area (Å²) >= 11 is 1.54. The zero-order valence-electron chi connectivity index (χ0n) is 11.6. The first-order valence-electron chi connectivity index (χ1n) is 6.73. The fourth-order valence-corrected chi connectivity index (χ4v) is 2.78. The van der Waals surface area contributed by atoms with Crippen molar-refractivity contribution in [2.24, 2.45) is 0 Å². The molecule has 20 heavy (non-hydrogen) atoms. The molecule has 0 aliphatic heterocycles. The number of hydrogen-bond donors (Lipinski definition) is 0. The standard InChI is InChI=1S/C18H18OS/c1-15(19)18(20-17-12-6-3-7-13-17)14-8-11-16-9-4-2-5-10-16/h2-7,9-10,12-14H,8,11H2,1H3/b18-14-. The Kier molecular flexibility index (Phi) is 5.63. The number of benzene rings is 2. The highest BCUT2D eigenvalue weighted by Crippen LogP contribution is 2.27. The Morgan fingerprint density at radius 2 is 1.60 bits per heavy atom. The molecule has 0 amide bonds. The second-order valence-electron chi connectivity index (χ2n) is 4.56. The number of hydrogen-bond acceptors (Lipinski definition) is 2. The summed E-state index contributed by atoms with van der Waals surface area (Å²) in [6, 6.07) is 20.4. The average Bonchev–Trinajstić information content (AvgIpc) is 2.48. The van der Waals surface area contributed by atoms with E-state index in [2.05, 4.69) is 12.1 Å². The Morgan fingerprint density at radius 3 is 2.20 bits per heavy atom. The minimum absolute atomic E-state index is 0.131. The average molecular weight is 282 g/mol. The summed E-state index contributed by atoms with van der Waals surface area (Å²) in [7, 11) is 0. The van der Waals surface area contributed by atoms with Crippen LogP contribution in [0.5, 0.6) is 0 Å². The summed E-state index contributed by atoms with van der Waals surface area (Å²) in [5, 5.41) is 0. The summed E-state index contributed by atoms with van der Waals surface area (Å²) in [5.41, 5.74) is 1.30. The molecule has 1 nitrogen and oxygen atoms in total. The Bertz CT molecular complexity index is 573. The number of allylic oxidation sites excluding steroid dienone is 2. The van der Waals surface area contributed by atoms with Gasteiger partial charge in [-0.15, -0.1) is 0 Å². The molecule has 0 unspecified atom stereocenters. The number of thioether (sulfide) groups is 1. The van der Waals surface area contributed by atoms with Gasteiger partial charge in [-0.05, 0) is 37.5 Å². The van der Waals surface area contributed by atoms with Crippen molar-refractivity contribution >= 4 is 17.5 Å². The summed E-state index contributed by atoms with van der Waals surface area (Å²) in [6.07, 6.45) is 3.90. The van der Waals surface area contributed by atoms with Gasteiger partial charge in [-0.1, -0.05) is 66.4 Å². The van der Waals surface area contributed by atoms with Crippen LogP contribution < -0.4 is 0 Å². The first-order valence-corrected chi connectivity index (χ1v) is 7.55. The van der Waals surface area contributed by atoms with Crippen LogP contribution in [0.1, 0.15) is 18.9 Å². The van der Waals surface area contributed by atoms with Crippen LogP contribution >= 0.6 is 11.8 Å². The van der Waals surface area contributed by atoms with Crippen LogP contribution in [-0.2, 0) is 11.2 Å². The maximum Gasteiger partial charge on any atom is 0.166 e. The molecule has 0 saturated carbocycles. The molecule has 0 N–H and O–H groups in total. The van der Waals surface area contributed by atoms with Crippen molar-refractivity contribution in [1.82, 2.24) is 0 Å². The van der Waals surface area contributed by atoms with Crippen molar-refractivity contribution in [3.05, 3.63) is 77.2 Å². The maximum atomic E-state index is 11.7. The van der Waals surface area contributed by atoms with Crippen molar-refractivity contribution in [3.8, 4) is 0 Å². The second-order valence-corrected chi connectivity index (χ2v) is 5.68. The molecule has 0 aromatic heterocycles. The van der Waals surface area contributed by atoms with Crippen LogP contribution in [0.3, 0.4) is 0 Å². The first-order chi connectivity index (χ1) is 9.75. The van der Waals surface area contributed by atoms with Crippen molar-refractivity contribution < 1.29 is 4.79 Å². The van der Waals surface area contributed by atoms with Crippen LogP contribution in [0.2, 0.25) is 0 Å². The topological polar surface area (TPSA) is 17.1 Å². The van der Waals surface area contributed by atoms with Gasteiger partial charge >= 0.3 is 0 Å². The van der Waals surface area contributed by atoms with Gasteiger partial charge in [-0.25, -0.2) is 0 Å². The molecule has 0 heterocycles. The third kappa shape index (κ3) is 4.71. The van der Waals surface area contributed by atoms with Gasteiger partial charge in [-0.2, -0.15) is 0 Å². The van der Waals surface area contributed by atoms with Gasteiger partial charge in [0.2, 0.25) is 0 Å². The quantitative estimate of drug-likeness (QED) is 0.554. The van der Waals surface area contributed by atoms with Crippen LogP contribution in [-0.4, -0.2) is 5.78 Å². The molecule has 0 atom stereocenters. The van der Waals surface area contributed by atoms with Gasteiger partial charge in [0.05, 0.1) is 4.91 Å². The molecule has 0 fully saturated rings. The number of aryl methyl sites for hydroxylation is 1. The molecule has 0 bridgehead atoms. The summed E-state index contributed by atoms with van der Waals surface area (Å²) < 4.78 is 0. The molecular weight excluding hydrogens is 264 g/mol. The highest BCUT2D eigenvalue weighted by Gasteiger charge is 2.05. The summed E-state index contributed by atoms with van der Waals surface area (Å²) in [5.74, 6) is 0.131. The molecule has 0 spiro atoms. The highest BCUT2D eigenvalue weighted by atomic mass is 32.2. The molecule has 2 rings (SSSR count). The van der Waals surface area contributed by atoms with Gasteiger partial charge in [-0.3, -0.25) is 4.79 Å². The van der Waals surface area contributed by atoms with Gasteiger partial charge in [0, 0.05) is 4.90 Å². The van der Waals surface area contributed by atoms with E-state index >= 15 is 0 Å². The van der Waals surface area contributed by atoms with Crippen molar-refractivity contribution in [1.29, 1.82) is 0 Å². The minimum atomic E-state index is 0.131. The van der Waals surface area contributed by atoms with E-state index in [9.17, 15) is 4.79 Å². The number of Topliss-reactive ketones (excluding diaryl/α,β-unsaturated/α-hetero) is 1. The van der Waals surface area contributed by atoms with E-state index < -0.39 is 0 Å². The molecule has 2 aromatic carbocycles. The number of carbonyl (C=O) groups excluding carboxylic acids is 1. The summed E-state index contributed by atoms with van der Waals surface area (Å²) in [4.78, 5) is 13.6. The van der Waals surface area contributed by atoms with Crippen molar-refractivity contribution in [2.75, 3.05) is 0 Å². The lowest BCUT2D eigenvalue weighted by molar-refractivity contribution is -0.112. The van der Waals surface area contributed by atoms with Crippen molar-refractivity contribution in [3.63, 3.8) is 0 Å². The minimum Gasteiger partial charge on any atom is -0.294 e. The van der Waals surface area contributed by atoms with Crippen LogP contribution in [0, 0.1) is 0 Å². The zero-order valence-corrected chi connectivity index (χ0v) is 12.4. The van der Waals surface area contributed by atoms with Crippen LogP contribution in [0.15, 0.2) is 76.5 Å². The predicted molar refractivity (Wildman–Crippen MR) is 85.8 cm³/mol. The van der Waals surface area contributed by atoms with E-state index in [1.165, 1.54) is 5.56 Å². The number of ketones is 1. The molecule has 2 aromatic rings. The van der Waals surface area contributed by atoms with Crippen LogP contribution in [0.4, 0.5) is 0 Å². The molecular formula is C18H18OS. The third-order valence-electron chi connectivity index (χ3n) is 2.92. The number of carbonyl (C=O) groups is 1. The Labute approximate surface area is 124 Å². The molecule has 0 aliphatic rings. The van der Waals surface area contributed by atoms with E-state index in [4.69, 9.17) is 0 Å². The van der Waals surface area contributed by atoms with Crippen molar-refractivity contribution in [2.45, 2.75) is 24.7 Å². The van der Waals surface area contributed by atoms with E-state index in [0.717, 1.165) is 22.6 Å². The van der Waals surface area contributed by atoms with E-state index in [0.29, 0.717) is 0 Å². The number of rotatable bonds is 6. The monoisotopic (exact) mass is 282 g/mol. The fourth-order valence-electron chi connectivity index (χ4n) is 1.89. The SMILES string of the molecule is CC(=O)/C(=C/CCc1ccccc1)Sc1ccccc1. The van der Waals surface area contributed by atoms with E-state index in [1.807, 2.05) is 54.6 Å². The molecule has 2 heteroatoms. The van der Waals surface area contributed by atoms with E-state index in [-0.39, 0.29) is 5.78 Å². The molecule has 102 valence electrons. The largest absolute Gasteiger partial charge is 0.294 e. The molecule has 0 saturated heterocycles. The molecule has 0 aliphatic carbocycles. The van der Waals surface area contributed by atoms with Gasteiger partial charge in [0.1, 0.15) is 0 Å². The molecule has 0 radical (unpaired) electrons. The predicted octanol–water partition coefficient (Wildman–Crippen LogP) is 4.88. The van der Waals surface area contributed by atoms with Gasteiger partial charge in [0.25, 0.3) is 0 Å². The normalized spacial score (nSPS) is 11.3. The van der Waals surface area contributed by atoms with Gasteiger partial charge in [0.15, 0.2) is 5.78 Å². The Morgan fingerprint density at radius 1 is 1.00 bits per heavy atom. The third-order valence-corrected chi connectivity index (χ3v) is 4.11. The zero-order chi connectivity index (χ0) is 14.2. The Balaban J connectivity index is 1.98. The smallest absolute Gasteiger partial charge is 0.166 e. The van der Waals surface area contributed by atoms with Crippen LogP contribution in [0.25, 0.3) is 0 Å². The maximum absolute atomic E-state index is 11.7. The first kappa shape index (κ1) is 14.6. The summed E-state index contributed by atoms with van der Waals surface area (Å²) in [6.45, 7) is 1.63. The lowest BCUT2D eigenvalue weighted by atomic mass is 10.1. The lowest BCUT2D eigenvalue weighted by Gasteiger charge is -2.04. The Hall–Kier alpha value is -1.80. The second kappa shape index (κ2) is 7.71.